The van der Waals surface area contributed by atoms with Crippen LogP contribution in [0.15, 0.2) is 0 Å². The summed E-state index contributed by atoms with van der Waals surface area (Å²) in [7, 11) is 4.27. The Morgan fingerprint density at radius 2 is 2.00 bits per heavy atom. The van der Waals surface area contributed by atoms with Crippen molar-refractivity contribution in [2.75, 3.05) is 40.3 Å². The number of aliphatic carboxylic acids is 1. The van der Waals surface area contributed by atoms with Crippen molar-refractivity contribution in [1.82, 2.24) is 15.1 Å². The number of carbonyl (C=O) groups is 1. The molecule has 1 fully saturated rings. The Morgan fingerprint density at radius 1 is 1.40 bits per heavy atom. The van der Waals surface area contributed by atoms with Crippen molar-refractivity contribution in [3.63, 3.8) is 0 Å². The minimum absolute atomic E-state index is 0.662. The van der Waals surface area contributed by atoms with E-state index in [0.29, 0.717) is 12.5 Å². The molecule has 0 aromatic rings. The average Bonchev–Trinajstić information content (AvgIpc) is 2.43. The SMILES string of the molecule is CCCNC(C)(CCN1CCC(N(C)C)CC1)C(=O)O. The van der Waals surface area contributed by atoms with Crippen LogP contribution < -0.4 is 5.32 Å². The van der Waals surface area contributed by atoms with Crippen LogP contribution in [0.25, 0.3) is 0 Å². The molecule has 20 heavy (non-hydrogen) atoms. The summed E-state index contributed by atoms with van der Waals surface area (Å²) in [6.45, 7) is 7.63. The van der Waals surface area contributed by atoms with Gasteiger partial charge in [0.25, 0.3) is 0 Å². The van der Waals surface area contributed by atoms with Gasteiger partial charge >= 0.3 is 5.97 Å². The van der Waals surface area contributed by atoms with Gasteiger partial charge in [0.1, 0.15) is 5.54 Å². The normalized spacial score (nSPS) is 21.1. The summed E-state index contributed by atoms with van der Waals surface area (Å²) < 4.78 is 0. The molecule has 0 radical (unpaired) electrons. The van der Waals surface area contributed by atoms with Crippen LogP contribution >= 0.6 is 0 Å². The lowest BCUT2D eigenvalue weighted by Crippen LogP contribution is -2.52. The highest BCUT2D eigenvalue weighted by molar-refractivity contribution is 5.78. The van der Waals surface area contributed by atoms with E-state index in [-0.39, 0.29) is 0 Å². The molecule has 1 aliphatic rings. The van der Waals surface area contributed by atoms with Gasteiger partial charge in [-0.05, 0) is 66.3 Å². The predicted molar refractivity (Wildman–Crippen MR) is 82.1 cm³/mol. The van der Waals surface area contributed by atoms with Gasteiger partial charge in [0, 0.05) is 12.6 Å². The van der Waals surface area contributed by atoms with Gasteiger partial charge in [0.15, 0.2) is 0 Å². The number of likely N-dealkylation sites (tertiary alicyclic amines) is 1. The number of carboxylic acids is 1. The maximum absolute atomic E-state index is 11.5. The van der Waals surface area contributed by atoms with E-state index in [2.05, 4.69) is 36.1 Å². The van der Waals surface area contributed by atoms with Crippen LogP contribution in [0.4, 0.5) is 0 Å². The molecule has 5 heteroatoms. The van der Waals surface area contributed by atoms with Gasteiger partial charge in [-0.15, -0.1) is 0 Å². The molecule has 0 bridgehead atoms. The highest BCUT2D eigenvalue weighted by Crippen LogP contribution is 2.17. The second-order valence-electron chi connectivity index (χ2n) is 6.35. The van der Waals surface area contributed by atoms with E-state index in [1.807, 2.05) is 0 Å². The Hall–Kier alpha value is -0.650. The Morgan fingerprint density at radius 3 is 2.45 bits per heavy atom. The molecule has 1 heterocycles. The number of rotatable bonds is 8. The number of nitrogens with zero attached hydrogens (tertiary/aromatic N) is 2. The molecule has 118 valence electrons. The first kappa shape index (κ1) is 17.4. The molecule has 1 atom stereocenters. The van der Waals surface area contributed by atoms with Crippen LogP contribution in [0.2, 0.25) is 0 Å². The van der Waals surface area contributed by atoms with E-state index in [9.17, 15) is 9.90 Å². The quantitative estimate of drug-likeness (QED) is 0.703. The molecule has 0 aliphatic carbocycles. The summed E-state index contributed by atoms with van der Waals surface area (Å²) in [5.41, 5.74) is -0.797. The van der Waals surface area contributed by atoms with Crippen molar-refractivity contribution in [2.24, 2.45) is 0 Å². The molecule has 1 unspecified atom stereocenters. The topological polar surface area (TPSA) is 55.8 Å². The van der Waals surface area contributed by atoms with Crippen LogP contribution in [0, 0.1) is 0 Å². The first-order chi connectivity index (χ1) is 9.39. The Labute approximate surface area is 123 Å². The summed E-state index contributed by atoms with van der Waals surface area (Å²) in [6.07, 6.45) is 3.98. The van der Waals surface area contributed by atoms with E-state index in [0.717, 1.165) is 32.6 Å². The predicted octanol–water partition coefficient (Wildman–Crippen LogP) is 1.25. The number of nitrogens with one attached hydrogen (secondary N) is 1. The van der Waals surface area contributed by atoms with E-state index >= 15 is 0 Å². The minimum Gasteiger partial charge on any atom is -0.480 e. The smallest absolute Gasteiger partial charge is 0.323 e. The van der Waals surface area contributed by atoms with Gasteiger partial charge in [0.05, 0.1) is 0 Å². The summed E-state index contributed by atoms with van der Waals surface area (Å²) in [6, 6.07) is 0.676. The lowest BCUT2D eigenvalue weighted by molar-refractivity contribution is -0.144. The van der Waals surface area contributed by atoms with Crippen LogP contribution in [0.3, 0.4) is 0 Å². The molecular weight excluding hydrogens is 254 g/mol. The van der Waals surface area contributed by atoms with E-state index in [1.165, 1.54) is 12.8 Å². The Kier molecular flexibility index (Phi) is 6.92. The summed E-state index contributed by atoms with van der Waals surface area (Å²) in [4.78, 5) is 16.1. The molecule has 0 aromatic heterocycles. The van der Waals surface area contributed by atoms with Gasteiger partial charge in [-0.3, -0.25) is 4.79 Å². The number of carboxylic acid groups (broad SMARTS) is 1. The molecule has 1 saturated heterocycles. The maximum Gasteiger partial charge on any atom is 0.323 e. The lowest BCUT2D eigenvalue weighted by atomic mass is 9.96. The first-order valence-electron chi connectivity index (χ1n) is 7.76. The fourth-order valence-corrected chi connectivity index (χ4v) is 2.71. The molecule has 0 saturated carbocycles. The Bertz CT molecular complexity index is 301. The molecule has 0 spiro atoms. The molecule has 0 aromatic carbocycles. The van der Waals surface area contributed by atoms with Crippen molar-refractivity contribution < 1.29 is 9.90 Å². The summed E-state index contributed by atoms with van der Waals surface area (Å²) in [5.74, 6) is -0.742. The monoisotopic (exact) mass is 285 g/mol. The molecule has 0 amide bonds. The van der Waals surface area contributed by atoms with Gasteiger partial charge < -0.3 is 20.2 Å². The van der Waals surface area contributed by atoms with Crippen molar-refractivity contribution in [3.8, 4) is 0 Å². The van der Waals surface area contributed by atoms with E-state index < -0.39 is 11.5 Å². The third kappa shape index (κ3) is 5.04. The first-order valence-corrected chi connectivity index (χ1v) is 7.76. The highest BCUT2D eigenvalue weighted by atomic mass is 16.4. The standard InChI is InChI=1S/C15H31N3O2/c1-5-9-16-15(2,14(19)20)8-12-18-10-6-13(7-11-18)17(3)4/h13,16H,5-12H2,1-4H3,(H,19,20). The van der Waals surface area contributed by atoms with Crippen molar-refractivity contribution in [3.05, 3.63) is 0 Å². The molecular formula is C15H31N3O2. The number of hydrogen-bond donors (Lipinski definition) is 2. The zero-order valence-electron chi connectivity index (χ0n) is 13.5. The van der Waals surface area contributed by atoms with E-state index in [4.69, 9.17) is 0 Å². The van der Waals surface area contributed by atoms with Gasteiger partial charge in [-0.25, -0.2) is 0 Å². The molecule has 2 N–H and O–H groups in total. The van der Waals surface area contributed by atoms with Crippen LogP contribution in [-0.4, -0.2) is 72.7 Å². The van der Waals surface area contributed by atoms with Crippen molar-refractivity contribution in [1.29, 1.82) is 0 Å². The zero-order valence-corrected chi connectivity index (χ0v) is 13.5. The van der Waals surface area contributed by atoms with Crippen molar-refractivity contribution >= 4 is 5.97 Å². The third-order valence-electron chi connectivity index (χ3n) is 4.45. The zero-order chi connectivity index (χ0) is 15.2. The van der Waals surface area contributed by atoms with Crippen LogP contribution in [0.1, 0.15) is 39.5 Å². The average molecular weight is 285 g/mol. The van der Waals surface area contributed by atoms with Crippen molar-refractivity contribution in [2.45, 2.75) is 51.1 Å². The fourth-order valence-electron chi connectivity index (χ4n) is 2.71. The molecule has 5 nitrogen and oxygen atoms in total. The molecule has 1 aliphatic heterocycles. The minimum atomic E-state index is -0.797. The largest absolute Gasteiger partial charge is 0.480 e. The van der Waals surface area contributed by atoms with Gasteiger partial charge in [0.2, 0.25) is 0 Å². The maximum atomic E-state index is 11.5. The summed E-state index contributed by atoms with van der Waals surface area (Å²) in [5, 5.41) is 12.6. The fraction of sp³-hybridized carbons (Fsp3) is 0.933. The lowest BCUT2D eigenvalue weighted by Gasteiger charge is -2.36. The second-order valence-corrected chi connectivity index (χ2v) is 6.35. The Balaban J connectivity index is 2.39. The van der Waals surface area contributed by atoms with E-state index in [1.54, 1.807) is 6.92 Å². The second kappa shape index (κ2) is 7.96. The van der Waals surface area contributed by atoms with Gasteiger partial charge in [-0.1, -0.05) is 6.92 Å². The van der Waals surface area contributed by atoms with Gasteiger partial charge in [-0.2, -0.15) is 0 Å². The van der Waals surface area contributed by atoms with Crippen LogP contribution in [0.5, 0.6) is 0 Å². The van der Waals surface area contributed by atoms with Crippen LogP contribution in [-0.2, 0) is 4.79 Å². The number of hydrogen-bond acceptors (Lipinski definition) is 4. The summed E-state index contributed by atoms with van der Waals surface area (Å²) >= 11 is 0. The number of piperidine rings is 1. The third-order valence-corrected chi connectivity index (χ3v) is 4.45. The highest BCUT2D eigenvalue weighted by Gasteiger charge is 2.33. The molecule has 1 rings (SSSR count).